The lowest BCUT2D eigenvalue weighted by Crippen LogP contribution is -2.41. The second-order valence-electron chi connectivity index (χ2n) is 7.27. The highest BCUT2D eigenvalue weighted by atomic mass is 127. The fourth-order valence-corrected chi connectivity index (χ4v) is 4.11. The van der Waals surface area contributed by atoms with Crippen LogP contribution in [0, 0.1) is 5.92 Å². The zero-order valence-electron chi connectivity index (χ0n) is 16.0. The number of benzene rings is 1. The summed E-state index contributed by atoms with van der Waals surface area (Å²) in [6.07, 6.45) is 4.55. The molecule has 0 spiro atoms. The van der Waals surface area contributed by atoms with Crippen molar-refractivity contribution in [2.24, 2.45) is 10.9 Å². The van der Waals surface area contributed by atoms with Gasteiger partial charge in [-0.25, -0.2) is 0 Å². The van der Waals surface area contributed by atoms with E-state index < -0.39 is 0 Å². The Bertz CT molecular complexity index is 605. The molecule has 1 heterocycles. The van der Waals surface area contributed by atoms with E-state index in [9.17, 15) is 0 Å². The Morgan fingerprint density at radius 1 is 1.33 bits per heavy atom. The highest BCUT2D eigenvalue weighted by molar-refractivity contribution is 14.0. The molecule has 2 fully saturated rings. The lowest BCUT2D eigenvalue weighted by molar-refractivity contribution is 0.0888. The molecular formula is C20H31BrIN3O2. The number of nitrogens with zero attached hydrogens (tertiary/aromatic N) is 1. The number of guanidine groups is 1. The van der Waals surface area contributed by atoms with Gasteiger partial charge in [0, 0.05) is 49.2 Å². The molecule has 3 rings (SSSR count). The Labute approximate surface area is 188 Å². The van der Waals surface area contributed by atoms with Gasteiger partial charge in [-0.15, -0.1) is 24.0 Å². The summed E-state index contributed by atoms with van der Waals surface area (Å²) < 4.78 is 12.3. The van der Waals surface area contributed by atoms with Crippen molar-refractivity contribution < 1.29 is 9.47 Å². The Morgan fingerprint density at radius 3 is 2.81 bits per heavy atom. The summed E-state index contributed by atoms with van der Waals surface area (Å²) >= 11 is 3.69. The maximum absolute atomic E-state index is 5.74. The topological polar surface area (TPSA) is 54.9 Å². The lowest BCUT2D eigenvalue weighted by Gasteiger charge is -2.20. The quantitative estimate of drug-likeness (QED) is 0.213. The third kappa shape index (κ3) is 6.87. The van der Waals surface area contributed by atoms with Crippen LogP contribution in [-0.2, 0) is 14.9 Å². The van der Waals surface area contributed by atoms with Gasteiger partial charge in [-0.3, -0.25) is 4.99 Å². The van der Waals surface area contributed by atoms with Gasteiger partial charge in [0.15, 0.2) is 5.96 Å². The van der Waals surface area contributed by atoms with E-state index in [2.05, 4.69) is 55.8 Å². The van der Waals surface area contributed by atoms with E-state index in [-0.39, 0.29) is 29.4 Å². The fourth-order valence-electron chi connectivity index (χ4n) is 3.40. The second kappa shape index (κ2) is 11.6. The average molecular weight is 552 g/mol. The van der Waals surface area contributed by atoms with Crippen LogP contribution in [0.2, 0.25) is 0 Å². The zero-order valence-corrected chi connectivity index (χ0v) is 19.9. The van der Waals surface area contributed by atoms with Crippen molar-refractivity contribution in [3.05, 3.63) is 34.3 Å². The van der Waals surface area contributed by atoms with Gasteiger partial charge in [0.05, 0.1) is 13.2 Å². The van der Waals surface area contributed by atoms with Gasteiger partial charge in [0.2, 0.25) is 0 Å². The summed E-state index contributed by atoms with van der Waals surface area (Å²) in [6, 6.07) is 8.53. The monoisotopic (exact) mass is 551 g/mol. The molecule has 1 aromatic carbocycles. The van der Waals surface area contributed by atoms with Crippen LogP contribution >= 0.6 is 39.9 Å². The van der Waals surface area contributed by atoms with Gasteiger partial charge in [0.25, 0.3) is 0 Å². The molecule has 1 atom stereocenters. The van der Waals surface area contributed by atoms with Gasteiger partial charge in [-0.05, 0) is 37.3 Å². The van der Waals surface area contributed by atoms with Crippen molar-refractivity contribution in [2.75, 3.05) is 46.6 Å². The van der Waals surface area contributed by atoms with Gasteiger partial charge in [0.1, 0.15) is 0 Å². The molecule has 7 heteroatoms. The number of rotatable bonds is 9. The van der Waals surface area contributed by atoms with Crippen molar-refractivity contribution in [2.45, 2.75) is 31.1 Å². The first-order valence-electron chi connectivity index (χ1n) is 9.58. The Kier molecular flexibility index (Phi) is 9.82. The van der Waals surface area contributed by atoms with E-state index >= 15 is 0 Å². The van der Waals surface area contributed by atoms with Crippen molar-refractivity contribution in [1.29, 1.82) is 0 Å². The summed E-state index contributed by atoms with van der Waals surface area (Å²) in [6.45, 7) is 5.12. The zero-order chi connectivity index (χ0) is 18.2. The molecule has 2 N–H and O–H groups in total. The van der Waals surface area contributed by atoms with Crippen LogP contribution in [-0.4, -0.2) is 52.5 Å². The molecule has 5 nitrogen and oxygen atoms in total. The largest absolute Gasteiger partial charge is 0.381 e. The highest BCUT2D eigenvalue weighted by Crippen LogP contribution is 2.49. The number of hydrogen-bond acceptors (Lipinski definition) is 3. The van der Waals surface area contributed by atoms with E-state index in [1.165, 1.54) is 22.9 Å². The van der Waals surface area contributed by atoms with Crippen LogP contribution < -0.4 is 10.6 Å². The molecule has 1 aliphatic carbocycles. The second-order valence-corrected chi connectivity index (χ2v) is 8.13. The van der Waals surface area contributed by atoms with E-state index in [0.717, 1.165) is 58.3 Å². The summed E-state index contributed by atoms with van der Waals surface area (Å²) in [5.74, 6) is 1.46. The first-order chi connectivity index (χ1) is 12.7. The van der Waals surface area contributed by atoms with E-state index in [1.807, 2.05) is 7.05 Å². The van der Waals surface area contributed by atoms with Gasteiger partial charge >= 0.3 is 0 Å². The SMILES string of the molecule is CN=C(NCCCOCC1CCOC1)NCC1(c2ccccc2Br)CC1.I. The van der Waals surface area contributed by atoms with Crippen molar-refractivity contribution in [1.82, 2.24) is 10.6 Å². The minimum Gasteiger partial charge on any atom is -0.381 e. The molecule has 152 valence electrons. The lowest BCUT2D eigenvalue weighted by atomic mass is 9.96. The number of aliphatic imine (C=N–C) groups is 1. The molecule has 0 amide bonds. The number of halogens is 2. The molecule has 1 aliphatic heterocycles. The summed E-state index contributed by atoms with van der Waals surface area (Å²) in [7, 11) is 1.82. The van der Waals surface area contributed by atoms with E-state index in [0.29, 0.717) is 5.92 Å². The number of nitrogens with one attached hydrogen (secondary N) is 2. The molecule has 1 saturated heterocycles. The first-order valence-corrected chi connectivity index (χ1v) is 10.4. The molecular weight excluding hydrogens is 521 g/mol. The van der Waals surface area contributed by atoms with Crippen LogP contribution in [0.15, 0.2) is 33.7 Å². The summed E-state index contributed by atoms with van der Waals surface area (Å²) in [4.78, 5) is 4.34. The first kappa shape index (κ1) is 22.9. The minimum atomic E-state index is 0. The molecule has 2 aliphatic rings. The van der Waals surface area contributed by atoms with Gasteiger partial charge in [-0.2, -0.15) is 0 Å². The van der Waals surface area contributed by atoms with Crippen LogP contribution in [0.3, 0.4) is 0 Å². The van der Waals surface area contributed by atoms with Crippen LogP contribution in [0.1, 0.15) is 31.2 Å². The smallest absolute Gasteiger partial charge is 0.191 e. The highest BCUT2D eigenvalue weighted by Gasteiger charge is 2.45. The Morgan fingerprint density at radius 2 is 2.15 bits per heavy atom. The summed E-state index contributed by atoms with van der Waals surface area (Å²) in [5.41, 5.74) is 1.64. The van der Waals surface area contributed by atoms with Crippen molar-refractivity contribution in [3.8, 4) is 0 Å². The predicted molar refractivity (Wildman–Crippen MR) is 124 cm³/mol. The van der Waals surface area contributed by atoms with Crippen LogP contribution in [0.4, 0.5) is 0 Å². The molecule has 0 aromatic heterocycles. The van der Waals surface area contributed by atoms with E-state index in [4.69, 9.17) is 9.47 Å². The van der Waals surface area contributed by atoms with Crippen molar-refractivity contribution >= 4 is 45.9 Å². The number of ether oxygens (including phenoxy) is 2. The third-order valence-electron chi connectivity index (χ3n) is 5.25. The molecule has 1 aromatic rings. The Balaban J connectivity index is 0.00000261. The maximum atomic E-state index is 5.74. The normalized spacial score (nSPS) is 20.8. The van der Waals surface area contributed by atoms with Crippen LogP contribution in [0.5, 0.6) is 0 Å². The molecule has 27 heavy (non-hydrogen) atoms. The standard InChI is InChI=1S/C20H30BrN3O2.HI/c1-22-19(23-10-4-11-25-13-16-7-12-26-14-16)24-15-20(8-9-20)17-5-2-3-6-18(17)21;/h2-3,5-6,16H,4,7-15H2,1H3,(H2,22,23,24);1H. The Hall–Kier alpha value is -0.380. The minimum absolute atomic E-state index is 0. The predicted octanol–water partition coefficient (Wildman–Crippen LogP) is 3.71. The van der Waals surface area contributed by atoms with Crippen molar-refractivity contribution in [3.63, 3.8) is 0 Å². The van der Waals surface area contributed by atoms with Gasteiger partial charge < -0.3 is 20.1 Å². The molecule has 1 unspecified atom stereocenters. The van der Waals surface area contributed by atoms with E-state index in [1.54, 1.807) is 0 Å². The van der Waals surface area contributed by atoms with Crippen LogP contribution in [0.25, 0.3) is 0 Å². The van der Waals surface area contributed by atoms with Gasteiger partial charge in [-0.1, -0.05) is 34.1 Å². The third-order valence-corrected chi connectivity index (χ3v) is 5.94. The maximum Gasteiger partial charge on any atom is 0.191 e. The molecule has 0 bridgehead atoms. The molecule has 1 saturated carbocycles. The molecule has 0 radical (unpaired) electrons. The fraction of sp³-hybridized carbons (Fsp3) is 0.650. The summed E-state index contributed by atoms with van der Waals surface area (Å²) in [5, 5.41) is 6.88. The number of hydrogen-bond donors (Lipinski definition) is 2. The average Bonchev–Trinajstić information content (AvgIpc) is 3.26.